The Morgan fingerprint density at radius 2 is 1.62 bits per heavy atom. The molecule has 8 nitrogen and oxygen atoms in total. The molecule has 1 unspecified atom stereocenters. The SMILES string of the molecule is CS(=O)(=O)NCC1CCCN(C(=O)CCc2ccc(S(=O)(=O)N3CCCCCC3)cc2)C1. The number of rotatable bonds is 8. The maximum atomic E-state index is 12.9. The lowest BCUT2D eigenvalue weighted by Crippen LogP contribution is -2.43. The van der Waals surface area contributed by atoms with Gasteiger partial charge in [0.15, 0.2) is 0 Å². The summed E-state index contributed by atoms with van der Waals surface area (Å²) in [5, 5.41) is 0. The third kappa shape index (κ3) is 7.26. The second kappa shape index (κ2) is 11.1. The molecule has 2 aliphatic rings. The van der Waals surface area contributed by atoms with E-state index in [4.69, 9.17) is 0 Å². The van der Waals surface area contributed by atoms with Gasteiger partial charge in [-0.3, -0.25) is 4.79 Å². The molecule has 1 atom stereocenters. The monoisotopic (exact) mass is 485 g/mol. The fourth-order valence-corrected chi connectivity index (χ4v) is 6.45. The van der Waals surface area contributed by atoms with Gasteiger partial charge in [0.25, 0.3) is 0 Å². The average Bonchev–Trinajstić information content (AvgIpc) is 3.06. The number of piperidine rings is 1. The van der Waals surface area contributed by atoms with E-state index in [-0.39, 0.29) is 11.8 Å². The molecule has 32 heavy (non-hydrogen) atoms. The fourth-order valence-electron chi connectivity index (χ4n) is 4.40. The van der Waals surface area contributed by atoms with Gasteiger partial charge in [-0.1, -0.05) is 25.0 Å². The van der Waals surface area contributed by atoms with Crippen LogP contribution in [0.5, 0.6) is 0 Å². The van der Waals surface area contributed by atoms with Crippen molar-refractivity contribution in [1.82, 2.24) is 13.9 Å². The first kappa shape index (κ1) is 25.1. The summed E-state index contributed by atoms with van der Waals surface area (Å²) >= 11 is 0. The van der Waals surface area contributed by atoms with Crippen LogP contribution >= 0.6 is 0 Å². The van der Waals surface area contributed by atoms with Crippen LogP contribution in [0.15, 0.2) is 29.2 Å². The van der Waals surface area contributed by atoms with Crippen LogP contribution in [0.4, 0.5) is 0 Å². The summed E-state index contributed by atoms with van der Waals surface area (Å²) in [4.78, 5) is 14.8. The van der Waals surface area contributed by atoms with Gasteiger partial charge in [-0.2, -0.15) is 4.31 Å². The molecule has 2 heterocycles. The Morgan fingerprint density at radius 3 is 2.25 bits per heavy atom. The van der Waals surface area contributed by atoms with Crippen LogP contribution < -0.4 is 4.72 Å². The molecule has 1 aromatic rings. The van der Waals surface area contributed by atoms with Crippen molar-refractivity contribution in [2.75, 3.05) is 39.0 Å². The van der Waals surface area contributed by atoms with E-state index in [2.05, 4.69) is 4.72 Å². The minimum absolute atomic E-state index is 0.0512. The molecule has 3 rings (SSSR count). The maximum Gasteiger partial charge on any atom is 0.243 e. The Morgan fingerprint density at radius 1 is 0.969 bits per heavy atom. The van der Waals surface area contributed by atoms with Crippen molar-refractivity contribution in [1.29, 1.82) is 0 Å². The number of hydrogen-bond donors (Lipinski definition) is 1. The molecule has 0 aliphatic carbocycles. The van der Waals surface area contributed by atoms with Gasteiger partial charge in [0.1, 0.15) is 0 Å². The number of likely N-dealkylation sites (tertiary alicyclic amines) is 1. The van der Waals surface area contributed by atoms with Crippen molar-refractivity contribution >= 4 is 26.0 Å². The van der Waals surface area contributed by atoms with E-state index in [0.717, 1.165) is 50.3 Å². The van der Waals surface area contributed by atoms with Crippen molar-refractivity contribution in [3.05, 3.63) is 29.8 Å². The van der Waals surface area contributed by atoms with Crippen LogP contribution in [-0.2, 0) is 31.3 Å². The van der Waals surface area contributed by atoms with Crippen LogP contribution in [0, 0.1) is 5.92 Å². The summed E-state index contributed by atoms with van der Waals surface area (Å²) in [7, 11) is -6.69. The van der Waals surface area contributed by atoms with Crippen LogP contribution in [0.1, 0.15) is 50.5 Å². The van der Waals surface area contributed by atoms with E-state index >= 15 is 0 Å². The molecule has 0 spiro atoms. The maximum absolute atomic E-state index is 12.9. The number of nitrogens with zero attached hydrogens (tertiary/aromatic N) is 2. The van der Waals surface area contributed by atoms with Gasteiger partial charge in [0.2, 0.25) is 26.0 Å². The molecule has 10 heteroatoms. The van der Waals surface area contributed by atoms with Gasteiger partial charge in [0.05, 0.1) is 11.2 Å². The van der Waals surface area contributed by atoms with Crippen molar-refractivity contribution in [3.63, 3.8) is 0 Å². The van der Waals surface area contributed by atoms with Gasteiger partial charge >= 0.3 is 0 Å². The highest BCUT2D eigenvalue weighted by Gasteiger charge is 2.26. The topological polar surface area (TPSA) is 104 Å². The van der Waals surface area contributed by atoms with Crippen LogP contribution in [-0.4, -0.2) is 70.9 Å². The average molecular weight is 486 g/mol. The van der Waals surface area contributed by atoms with Crippen molar-refractivity contribution in [3.8, 4) is 0 Å². The van der Waals surface area contributed by atoms with Crippen molar-refractivity contribution < 1.29 is 21.6 Å². The predicted octanol–water partition coefficient (Wildman–Crippen LogP) is 1.97. The Hall–Kier alpha value is -1.49. The molecule has 0 radical (unpaired) electrons. The van der Waals surface area contributed by atoms with Gasteiger partial charge < -0.3 is 4.90 Å². The zero-order valence-corrected chi connectivity index (χ0v) is 20.5. The summed E-state index contributed by atoms with van der Waals surface area (Å²) in [6.45, 7) is 2.77. The minimum Gasteiger partial charge on any atom is -0.342 e. The highest BCUT2D eigenvalue weighted by molar-refractivity contribution is 7.89. The summed E-state index contributed by atoms with van der Waals surface area (Å²) < 4.78 is 52.5. The third-order valence-electron chi connectivity index (χ3n) is 6.26. The fraction of sp³-hybridized carbons (Fsp3) is 0.682. The van der Waals surface area contributed by atoms with Gasteiger partial charge in [0, 0.05) is 39.1 Å². The largest absolute Gasteiger partial charge is 0.342 e. The number of amides is 1. The highest BCUT2D eigenvalue weighted by Crippen LogP contribution is 2.22. The van der Waals surface area contributed by atoms with E-state index in [1.54, 1.807) is 28.6 Å². The first-order valence-corrected chi connectivity index (χ1v) is 14.8. The molecule has 2 saturated heterocycles. The van der Waals surface area contributed by atoms with Gasteiger partial charge in [-0.15, -0.1) is 0 Å². The van der Waals surface area contributed by atoms with Crippen LogP contribution in [0.2, 0.25) is 0 Å². The molecule has 0 bridgehead atoms. The van der Waals surface area contributed by atoms with Crippen molar-refractivity contribution in [2.45, 2.75) is 56.3 Å². The summed E-state index contributed by atoms with van der Waals surface area (Å²) in [6.07, 6.45) is 7.77. The van der Waals surface area contributed by atoms with Gasteiger partial charge in [-0.25, -0.2) is 21.6 Å². The molecule has 0 saturated carbocycles. The van der Waals surface area contributed by atoms with Gasteiger partial charge in [-0.05, 0) is 55.7 Å². The lowest BCUT2D eigenvalue weighted by atomic mass is 9.97. The number of aryl methyl sites for hydroxylation is 1. The molecular weight excluding hydrogens is 450 g/mol. The molecule has 1 amide bonds. The molecule has 1 aromatic carbocycles. The summed E-state index contributed by atoms with van der Waals surface area (Å²) in [5.41, 5.74) is 0.931. The number of sulfonamides is 2. The van der Waals surface area contributed by atoms with Crippen LogP contribution in [0.25, 0.3) is 0 Å². The first-order chi connectivity index (χ1) is 15.1. The number of hydrogen-bond acceptors (Lipinski definition) is 5. The normalized spacial score (nSPS) is 21.3. The predicted molar refractivity (Wildman–Crippen MR) is 124 cm³/mol. The van der Waals surface area contributed by atoms with E-state index in [0.29, 0.717) is 50.5 Å². The number of nitrogens with one attached hydrogen (secondary N) is 1. The van der Waals surface area contributed by atoms with E-state index in [1.807, 2.05) is 4.90 Å². The molecule has 0 aromatic heterocycles. The quantitative estimate of drug-likeness (QED) is 0.606. The summed E-state index contributed by atoms with van der Waals surface area (Å²) in [5.74, 6) is 0.182. The standard InChI is InChI=1S/C22H35N3O5S2/c1-31(27,28)23-17-20-7-6-14-24(18-20)22(26)13-10-19-8-11-21(12-9-19)32(29,30)25-15-4-2-3-5-16-25/h8-9,11-12,20,23H,2-7,10,13-18H2,1H3. The zero-order valence-electron chi connectivity index (χ0n) is 18.8. The second-order valence-electron chi connectivity index (χ2n) is 8.93. The second-order valence-corrected chi connectivity index (χ2v) is 12.7. The minimum atomic E-state index is -3.46. The third-order valence-corrected chi connectivity index (χ3v) is 8.86. The highest BCUT2D eigenvalue weighted by atomic mass is 32.2. The molecule has 180 valence electrons. The number of carbonyl (C=O) groups excluding carboxylic acids is 1. The Labute approximate surface area is 192 Å². The van der Waals surface area contributed by atoms with E-state index in [9.17, 15) is 21.6 Å². The summed E-state index contributed by atoms with van der Waals surface area (Å²) in [6, 6.07) is 6.89. The smallest absolute Gasteiger partial charge is 0.243 e. The first-order valence-electron chi connectivity index (χ1n) is 11.5. The Kier molecular flexibility index (Phi) is 8.71. The number of carbonyl (C=O) groups is 1. The van der Waals surface area contributed by atoms with Crippen LogP contribution in [0.3, 0.4) is 0 Å². The Bertz CT molecular complexity index is 969. The molecule has 1 N–H and O–H groups in total. The van der Waals surface area contributed by atoms with Crippen molar-refractivity contribution in [2.24, 2.45) is 5.92 Å². The molecular formula is C22H35N3O5S2. The lowest BCUT2D eigenvalue weighted by Gasteiger charge is -2.33. The molecule has 2 fully saturated rings. The number of benzene rings is 1. The lowest BCUT2D eigenvalue weighted by molar-refractivity contribution is -0.132. The zero-order chi connectivity index (χ0) is 23.2. The van der Waals surface area contributed by atoms with E-state index in [1.165, 1.54) is 0 Å². The van der Waals surface area contributed by atoms with E-state index < -0.39 is 20.0 Å². The molecule has 2 aliphatic heterocycles. The Balaban J connectivity index is 1.51.